The topological polar surface area (TPSA) is 87.7 Å². The molecule has 0 aliphatic heterocycles. The van der Waals surface area contributed by atoms with Crippen molar-refractivity contribution in [1.29, 1.82) is 0 Å². The van der Waals surface area contributed by atoms with Gasteiger partial charge in [0.1, 0.15) is 0 Å². The standard InChI is InChI=1S/C13H26N2O4/c1-5-6-10(8-19-4)14-13(18)15-11(9(2)3)7-12(16)17/h9-11H,5-8H2,1-4H3,(H,16,17)(H2,14,15,18). The van der Waals surface area contributed by atoms with Crippen molar-refractivity contribution in [1.82, 2.24) is 10.6 Å². The highest BCUT2D eigenvalue weighted by Gasteiger charge is 2.20. The van der Waals surface area contributed by atoms with Gasteiger partial charge in [0.25, 0.3) is 0 Å². The molecule has 0 aliphatic rings. The number of aliphatic carboxylic acids is 1. The number of amides is 2. The van der Waals surface area contributed by atoms with Gasteiger partial charge < -0.3 is 20.5 Å². The number of hydrogen-bond acceptors (Lipinski definition) is 3. The van der Waals surface area contributed by atoms with E-state index in [-0.39, 0.29) is 30.5 Å². The number of carboxylic acid groups (broad SMARTS) is 1. The second-order valence-corrected chi connectivity index (χ2v) is 5.01. The van der Waals surface area contributed by atoms with Crippen LogP contribution in [-0.2, 0) is 9.53 Å². The van der Waals surface area contributed by atoms with Gasteiger partial charge in [-0.1, -0.05) is 27.2 Å². The van der Waals surface area contributed by atoms with Gasteiger partial charge in [-0.05, 0) is 12.3 Å². The maximum atomic E-state index is 11.8. The third-order valence-corrected chi connectivity index (χ3v) is 2.86. The number of hydrogen-bond donors (Lipinski definition) is 3. The fourth-order valence-electron chi connectivity index (χ4n) is 1.78. The summed E-state index contributed by atoms with van der Waals surface area (Å²) in [7, 11) is 1.59. The molecule has 2 atom stereocenters. The van der Waals surface area contributed by atoms with Crippen LogP contribution in [0.3, 0.4) is 0 Å². The summed E-state index contributed by atoms with van der Waals surface area (Å²) in [6, 6.07) is -0.759. The molecule has 0 heterocycles. The second kappa shape index (κ2) is 9.61. The van der Waals surface area contributed by atoms with Crippen LogP contribution in [0.25, 0.3) is 0 Å². The average Bonchev–Trinajstić information content (AvgIpc) is 2.27. The van der Waals surface area contributed by atoms with Crippen LogP contribution in [0.4, 0.5) is 4.79 Å². The van der Waals surface area contributed by atoms with Crippen LogP contribution < -0.4 is 10.6 Å². The Balaban J connectivity index is 4.33. The molecular weight excluding hydrogens is 248 g/mol. The maximum Gasteiger partial charge on any atom is 0.315 e. The molecular formula is C13H26N2O4. The van der Waals surface area contributed by atoms with Crippen molar-refractivity contribution in [3.8, 4) is 0 Å². The Hall–Kier alpha value is -1.30. The van der Waals surface area contributed by atoms with Gasteiger partial charge >= 0.3 is 12.0 Å². The molecule has 0 saturated heterocycles. The quantitative estimate of drug-likeness (QED) is 0.596. The van der Waals surface area contributed by atoms with Crippen molar-refractivity contribution in [2.45, 2.75) is 52.1 Å². The van der Waals surface area contributed by atoms with E-state index < -0.39 is 5.97 Å². The summed E-state index contributed by atoms with van der Waals surface area (Å²) in [5.74, 6) is -0.852. The zero-order chi connectivity index (χ0) is 14.8. The van der Waals surface area contributed by atoms with Gasteiger partial charge in [-0.3, -0.25) is 4.79 Å². The molecule has 19 heavy (non-hydrogen) atoms. The van der Waals surface area contributed by atoms with Gasteiger partial charge in [0, 0.05) is 13.2 Å². The summed E-state index contributed by atoms with van der Waals surface area (Å²) in [4.78, 5) is 22.6. The zero-order valence-corrected chi connectivity index (χ0v) is 12.2. The highest BCUT2D eigenvalue weighted by molar-refractivity contribution is 5.76. The third kappa shape index (κ3) is 8.42. The first kappa shape index (κ1) is 17.7. The van der Waals surface area contributed by atoms with E-state index in [0.29, 0.717) is 6.61 Å². The molecule has 2 unspecified atom stereocenters. The predicted octanol–water partition coefficient (Wildman–Crippen LogP) is 1.60. The molecule has 0 spiro atoms. The molecule has 6 heteroatoms. The van der Waals surface area contributed by atoms with Gasteiger partial charge in [0.15, 0.2) is 0 Å². The van der Waals surface area contributed by atoms with Crippen LogP contribution in [0.15, 0.2) is 0 Å². The Bertz CT molecular complexity index is 276. The number of rotatable bonds is 9. The van der Waals surface area contributed by atoms with Crippen LogP contribution in [0.2, 0.25) is 0 Å². The summed E-state index contributed by atoms with van der Waals surface area (Å²) < 4.78 is 5.04. The minimum atomic E-state index is -0.916. The van der Waals surface area contributed by atoms with Gasteiger partial charge in [0.2, 0.25) is 0 Å². The molecule has 6 nitrogen and oxygen atoms in total. The molecule has 0 fully saturated rings. The van der Waals surface area contributed by atoms with Crippen molar-refractivity contribution < 1.29 is 19.4 Å². The molecule has 2 amide bonds. The largest absolute Gasteiger partial charge is 0.481 e. The number of methoxy groups -OCH3 is 1. The molecule has 0 aromatic carbocycles. The van der Waals surface area contributed by atoms with E-state index in [1.807, 2.05) is 20.8 Å². The third-order valence-electron chi connectivity index (χ3n) is 2.86. The van der Waals surface area contributed by atoms with Crippen LogP contribution in [0, 0.1) is 5.92 Å². The van der Waals surface area contributed by atoms with Crippen molar-refractivity contribution in [2.75, 3.05) is 13.7 Å². The molecule has 0 bridgehead atoms. The lowest BCUT2D eigenvalue weighted by molar-refractivity contribution is -0.137. The molecule has 0 rings (SSSR count). The number of carboxylic acids is 1. The van der Waals surface area contributed by atoms with E-state index >= 15 is 0 Å². The van der Waals surface area contributed by atoms with Gasteiger partial charge in [-0.15, -0.1) is 0 Å². The lowest BCUT2D eigenvalue weighted by Gasteiger charge is -2.23. The summed E-state index contributed by atoms with van der Waals surface area (Å²) in [5.41, 5.74) is 0. The molecule has 0 aromatic rings. The zero-order valence-electron chi connectivity index (χ0n) is 12.2. The Morgan fingerprint density at radius 2 is 1.89 bits per heavy atom. The van der Waals surface area contributed by atoms with Gasteiger partial charge in [-0.2, -0.15) is 0 Å². The number of ether oxygens (including phenoxy) is 1. The minimum absolute atomic E-state index is 0.0485. The number of nitrogens with one attached hydrogen (secondary N) is 2. The first-order chi connectivity index (χ1) is 8.90. The first-order valence-electron chi connectivity index (χ1n) is 6.68. The lowest BCUT2D eigenvalue weighted by Crippen LogP contribution is -2.49. The second-order valence-electron chi connectivity index (χ2n) is 5.01. The Kier molecular flexibility index (Phi) is 8.95. The van der Waals surface area contributed by atoms with Gasteiger partial charge in [0.05, 0.1) is 19.1 Å². The van der Waals surface area contributed by atoms with E-state index in [9.17, 15) is 9.59 Å². The van der Waals surface area contributed by atoms with Crippen molar-refractivity contribution >= 4 is 12.0 Å². The molecule has 112 valence electrons. The van der Waals surface area contributed by atoms with E-state index in [4.69, 9.17) is 9.84 Å². The highest BCUT2D eigenvalue weighted by Crippen LogP contribution is 2.06. The fraction of sp³-hybridized carbons (Fsp3) is 0.846. The van der Waals surface area contributed by atoms with Gasteiger partial charge in [-0.25, -0.2) is 4.79 Å². The summed E-state index contributed by atoms with van der Waals surface area (Å²) >= 11 is 0. The van der Waals surface area contributed by atoms with E-state index in [1.165, 1.54) is 0 Å². The Morgan fingerprint density at radius 1 is 1.26 bits per heavy atom. The molecule has 0 aromatic heterocycles. The molecule has 0 aliphatic carbocycles. The molecule has 0 radical (unpaired) electrons. The van der Waals surface area contributed by atoms with Crippen LogP contribution in [-0.4, -0.2) is 42.9 Å². The molecule has 0 saturated carbocycles. The normalized spacial score (nSPS) is 13.9. The maximum absolute atomic E-state index is 11.8. The van der Waals surface area contributed by atoms with Crippen LogP contribution >= 0.6 is 0 Å². The van der Waals surface area contributed by atoms with Crippen LogP contribution in [0.1, 0.15) is 40.0 Å². The Labute approximate surface area is 114 Å². The number of urea groups is 1. The minimum Gasteiger partial charge on any atom is -0.481 e. The summed E-state index contributed by atoms with van der Waals surface area (Å²) in [6.45, 7) is 6.25. The van der Waals surface area contributed by atoms with E-state index in [1.54, 1.807) is 7.11 Å². The Morgan fingerprint density at radius 3 is 2.32 bits per heavy atom. The summed E-state index contributed by atoms with van der Waals surface area (Å²) in [5, 5.41) is 14.3. The van der Waals surface area contributed by atoms with E-state index in [2.05, 4.69) is 10.6 Å². The number of carbonyl (C=O) groups is 2. The van der Waals surface area contributed by atoms with Crippen molar-refractivity contribution in [3.05, 3.63) is 0 Å². The van der Waals surface area contributed by atoms with E-state index in [0.717, 1.165) is 12.8 Å². The smallest absolute Gasteiger partial charge is 0.315 e. The van der Waals surface area contributed by atoms with Crippen LogP contribution in [0.5, 0.6) is 0 Å². The van der Waals surface area contributed by atoms with Crippen molar-refractivity contribution in [2.24, 2.45) is 5.92 Å². The molecule has 3 N–H and O–H groups in total. The monoisotopic (exact) mass is 274 g/mol. The fourth-order valence-corrected chi connectivity index (χ4v) is 1.78. The SMILES string of the molecule is CCCC(COC)NC(=O)NC(CC(=O)O)C(C)C. The highest BCUT2D eigenvalue weighted by atomic mass is 16.5. The van der Waals surface area contributed by atoms with Crippen molar-refractivity contribution in [3.63, 3.8) is 0 Å². The first-order valence-corrected chi connectivity index (χ1v) is 6.68. The summed E-state index contributed by atoms with van der Waals surface area (Å²) in [6.07, 6.45) is 1.69. The number of carbonyl (C=O) groups excluding carboxylic acids is 1. The average molecular weight is 274 g/mol. The predicted molar refractivity (Wildman–Crippen MR) is 73.1 cm³/mol. The lowest BCUT2D eigenvalue weighted by atomic mass is 10.0.